The molecule has 1 aromatic rings. The molecule has 114 valence electrons. The van der Waals surface area contributed by atoms with Crippen molar-refractivity contribution in [2.75, 3.05) is 13.2 Å². The van der Waals surface area contributed by atoms with Crippen molar-refractivity contribution in [3.63, 3.8) is 0 Å². The third-order valence-electron chi connectivity index (χ3n) is 3.72. The van der Waals surface area contributed by atoms with E-state index in [4.69, 9.17) is 9.84 Å². The average Bonchev–Trinajstić information content (AvgIpc) is 2.81. The van der Waals surface area contributed by atoms with Crippen LogP contribution in [0.2, 0.25) is 0 Å². The molecule has 0 aromatic carbocycles. The number of sulfonamides is 1. The molecule has 1 fully saturated rings. The van der Waals surface area contributed by atoms with Crippen molar-refractivity contribution in [3.8, 4) is 0 Å². The predicted octanol–water partition coefficient (Wildman–Crippen LogP) is 1.64. The third kappa shape index (κ3) is 3.59. The average molecular weight is 319 g/mol. The van der Waals surface area contributed by atoms with Crippen molar-refractivity contribution in [3.05, 3.63) is 16.5 Å². The summed E-state index contributed by atoms with van der Waals surface area (Å²) in [4.78, 5) is 0.698. The standard InChI is InChI=1S/C13H21NO4S2/c1-9-7-13(19-12(9)8-15)20(16,17)14-10(2)11-3-5-18-6-4-11/h7,10-11,14-15H,3-6,8H2,1-2H3. The maximum atomic E-state index is 12.4. The van der Waals surface area contributed by atoms with Gasteiger partial charge in [0.15, 0.2) is 0 Å². The lowest BCUT2D eigenvalue weighted by molar-refractivity contribution is 0.0586. The van der Waals surface area contributed by atoms with Crippen LogP contribution in [0.15, 0.2) is 10.3 Å². The molecule has 1 atom stereocenters. The van der Waals surface area contributed by atoms with Crippen LogP contribution in [0, 0.1) is 12.8 Å². The van der Waals surface area contributed by atoms with Crippen molar-refractivity contribution in [2.45, 2.75) is 43.5 Å². The van der Waals surface area contributed by atoms with Crippen molar-refractivity contribution in [1.82, 2.24) is 4.72 Å². The summed E-state index contributed by atoms with van der Waals surface area (Å²) < 4.78 is 33.0. The zero-order valence-corrected chi connectivity index (χ0v) is 13.4. The minimum atomic E-state index is -3.50. The molecule has 0 amide bonds. The smallest absolute Gasteiger partial charge is 0.250 e. The molecule has 2 rings (SSSR count). The van der Waals surface area contributed by atoms with E-state index in [1.165, 1.54) is 0 Å². The molecule has 0 aliphatic carbocycles. The summed E-state index contributed by atoms with van der Waals surface area (Å²) in [7, 11) is -3.50. The summed E-state index contributed by atoms with van der Waals surface area (Å²) in [6.07, 6.45) is 1.77. The predicted molar refractivity (Wildman–Crippen MR) is 78.3 cm³/mol. The Bertz CT molecular complexity index is 547. The van der Waals surface area contributed by atoms with Gasteiger partial charge < -0.3 is 9.84 Å². The number of thiophene rings is 1. The third-order valence-corrected chi connectivity index (χ3v) is 6.97. The van der Waals surface area contributed by atoms with Crippen molar-refractivity contribution in [1.29, 1.82) is 0 Å². The van der Waals surface area contributed by atoms with Crippen molar-refractivity contribution < 1.29 is 18.3 Å². The molecule has 20 heavy (non-hydrogen) atoms. The van der Waals surface area contributed by atoms with Crippen LogP contribution in [-0.2, 0) is 21.4 Å². The molecule has 2 heterocycles. The van der Waals surface area contributed by atoms with Gasteiger partial charge in [-0.05, 0) is 44.2 Å². The van der Waals surface area contributed by atoms with E-state index in [1.54, 1.807) is 6.07 Å². The number of hydrogen-bond donors (Lipinski definition) is 2. The van der Waals surface area contributed by atoms with E-state index in [0.717, 1.165) is 29.7 Å². The number of hydrogen-bond acceptors (Lipinski definition) is 5. The van der Waals surface area contributed by atoms with Crippen molar-refractivity contribution in [2.24, 2.45) is 5.92 Å². The molecule has 7 heteroatoms. The van der Waals surface area contributed by atoms with Crippen LogP contribution in [0.4, 0.5) is 0 Å². The fourth-order valence-electron chi connectivity index (χ4n) is 2.39. The number of aliphatic hydroxyl groups is 1. The topological polar surface area (TPSA) is 75.6 Å². The van der Waals surface area contributed by atoms with E-state index in [0.29, 0.717) is 24.0 Å². The molecule has 0 radical (unpaired) electrons. The van der Waals surface area contributed by atoms with Gasteiger partial charge in [0.05, 0.1) is 6.61 Å². The van der Waals surface area contributed by atoms with Crippen LogP contribution >= 0.6 is 11.3 Å². The molecular weight excluding hydrogens is 298 g/mol. The largest absolute Gasteiger partial charge is 0.391 e. The SMILES string of the molecule is Cc1cc(S(=O)(=O)NC(C)C2CCOCC2)sc1CO. The second-order valence-electron chi connectivity index (χ2n) is 5.19. The number of rotatable bonds is 5. The molecule has 1 aliphatic rings. The van der Waals surface area contributed by atoms with Gasteiger partial charge in [-0.25, -0.2) is 13.1 Å². The summed E-state index contributed by atoms with van der Waals surface area (Å²) in [5.74, 6) is 0.317. The lowest BCUT2D eigenvalue weighted by atomic mass is 9.94. The molecule has 1 aromatic heterocycles. The van der Waals surface area contributed by atoms with Gasteiger partial charge in [0.1, 0.15) is 4.21 Å². The number of nitrogens with one attached hydrogen (secondary N) is 1. The van der Waals surface area contributed by atoms with Crippen LogP contribution < -0.4 is 4.72 Å². The molecule has 0 spiro atoms. The maximum absolute atomic E-state index is 12.4. The highest BCUT2D eigenvalue weighted by Gasteiger charge is 2.26. The Balaban J connectivity index is 2.09. The zero-order chi connectivity index (χ0) is 14.8. The highest BCUT2D eigenvalue weighted by molar-refractivity contribution is 7.91. The minimum absolute atomic E-state index is 0.108. The van der Waals surface area contributed by atoms with Crippen LogP contribution in [0.3, 0.4) is 0 Å². The van der Waals surface area contributed by atoms with E-state index in [2.05, 4.69) is 4.72 Å². The Hall–Kier alpha value is -0.470. The molecular formula is C13H21NO4S2. The van der Waals surface area contributed by atoms with Crippen LogP contribution in [0.1, 0.15) is 30.2 Å². The van der Waals surface area contributed by atoms with Crippen LogP contribution in [0.5, 0.6) is 0 Å². The molecule has 2 N–H and O–H groups in total. The monoisotopic (exact) mass is 319 g/mol. The molecule has 1 saturated heterocycles. The van der Waals surface area contributed by atoms with E-state index < -0.39 is 10.0 Å². The molecule has 1 aliphatic heterocycles. The van der Waals surface area contributed by atoms with Gasteiger partial charge >= 0.3 is 0 Å². The Morgan fingerprint density at radius 1 is 1.50 bits per heavy atom. The summed E-state index contributed by atoms with van der Waals surface area (Å²) in [5, 5.41) is 9.16. The van der Waals surface area contributed by atoms with Gasteiger partial charge in [0, 0.05) is 24.1 Å². The van der Waals surface area contributed by atoms with Gasteiger partial charge in [-0.2, -0.15) is 0 Å². The fraction of sp³-hybridized carbons (Fsp3) is 0.692. The van der Waals surface area contributed by atoms with E-state index in [-0.39, 0.29) is 16.9 Å². The second-order valence-corrected chi connectivity index (χ2v) is 8.27. The Labute approximate surface area is 124 Å². The minimum Gasteiger partial charge on any atom is -0.391 e. The van der Waals surface area contributed by atoms with Crippen molar-refractivity contribution >= 4 is 21.4 Å². The summed E-state index contributed by atoms with van der Waals surface area (Å²) in [5.41, 5.74) is 0.816. The Kier molecular flexibility index (Phi) is 5.19. The molecule has 0 bridgehead atoms. The summed E-state index contributed by atoms with van der Waals surface area (Å²) in [6, 6.07) is 1.51. The first kappa shape index (κ1) is 15.9. The van der Waals surface area contributed by atoms with Gasteiger partial charge in [-0.3, -0.25) is 0 Å². The Morgan fingerprint density at radius 3 is 2.70 bits per heavy atom. The highest BCUT2D eigenvalue weighted by Crippen LogP contribution is 2.27. The van der Waals surface area contributed by atoms with E-state index >= 15 is 0 Å². The first-order valence-corrected chi connectivity index (χ1v) is 9.04. The number of aryl methyl sites for hydroxylation is 1. The summed E-state index contributed by atoms with van der Waals surface area (Å²) >= 11 is 1.13. The lowest BCUT2D eigenvalue weighted by Crippen LogP contribution is -2.40. The van der Waals surface area contributed by atoms with Crippen LogP contribution in [-0.4, -0.2) is 32.8 Å². The van der Waals surface area contributed by atoms with E-state index in [9.17, 15) is 8.42 Å². The Morgan fingerprint density at radius 2 is 2.15 bits per heavy atom. The quantitative estimate of drug-likeness (QED) is 0.865. The molecule has 5 nitrogen and oxygen atoms in total. The number of aliphatic hydroxyl groups excluding tert-OH is 1. The molecule has 0 saturated carbocycles. The normalized spacial score (nSPS) is 19.1. The van der Waals surface area contributed by atoms with Gasteiger partial charge in [-0.15, -0.1) is 11.3 Å². The van der Waals surface area contributed by atoms with Gasteiger partial charge in [-0.1, -0.05) is 0 Å². The van der Waals surface area contributed by atoms with E-state index in [1.807, 2.05) is 13.8 Å². The fourth-order valence-corrected chi connectivity index (χ4v) is 5.17. The first-order chi connectivity index (χ1) is 9.44. The maximum Gasteiger partial charge on any atom is 0.250 e. The zero-order valence-electron chi connectivity index (χ0n) is 11.8. The number of ether oxygens (including phenoxy) is 1. The van der Waals surface area contributed by atoms with Gasteiger partial charge in [0.2, 0.25) is 10.0 Å². The lowest BCUT2D eigenvalue weighted by Gasteiger charge is -2.27. The second kappa shape index (κ2) is 6.53. The summed E-state index contributed by atoms with van der Waals surface area (Å²) in [6.45, 7) is 4.98. The molecule has 1 unspecified atom stereocenters. The highest BCUT2D eigenvalue weighted by atomic mass is 32.2. The first-order valence-electron chi connectivity index (χ1n) is 6.74. The van der Waals surface area contributed by atoms with Gasteiger partial charge in [0.25, 0.3) is 0 Å². The van der Waals surface area contributed by atoms with Crippen LogP contribution in [0.25, 0.3) is 0 Å².